The Balaban J connectivity index is 2.16. The highest BCUT2D eigenvalue weighted by Crippen LogP contribution is 2.13. The van der Waals surface area contributed by atoms with E-state index in [-0.39, 0.29) is 0 Å². The van der Waals surface area contributed by atoms with Crippen molar-refractivity contribution in [2.24, 2.45) is 10.2 Å². The van der Waals surface area contributed by atoms with Crippen molar-refractivity contribution in [3.63, 3.8) is 0 Å². The van der Waals surface area contributed by atoms with E-state index >= 15 is 0 Å². The number of hydrogen-bond donors (Lipinski definition) is 4. The van der Waals surface area contributed by atoms with Crippen LogP contribution in [0, 0.1) is 0 Å². The molecule has 1 aromatic rings. The Morgan fingerprint density at radius 3 is 2.33 bits per heavy atom. The largest absolute Gasteiger partial charge is 0.458 e. The zero-order valence-corrected chi connectivity index (χ0v) is 17.3. The summed E-state index contributed by atoms with van der Waals surface area (Å²) in [5, 5.41) is 15.0. The minimum absolute atomic E-state index is 0.388. The summed E-state index contributed by atoms with van der Waals surface area (Å²) in [4.78, 5) is 2.28. The van der Waals surface area contributed by atoms with Crippen LogP contribution in [0.1, 0.15) is 18.4 Å². The van der Waals surface area contributed by atoms with Crippen molar-refractivity contribution in [3.8, 4) is 0 Å². The normalized spacial score (nSPS) is 16.0. The average Bonchev–Trinajstić information content (AvgIpc) is 3.14. The van der Waals surface area contributed by atoms with Gasteiger partial charge < -0.3 is 19.8 Å². The molecule has 0 aromatic carbocycles. The smallest absolute Gasteiger partial charge is 0.186 e. The highest BCUT2D eigenvalue weighted by atomic mass is 32.1. The first-order chi connectivity index (χ1) is 13.0. The Bertz CT molecular complexity index is 711. The minimum Gasteiger partial charge on any atom is -0.458 e. The molecule has 4 N–H and O–H groups in total. The molecule has 0 atom stereocenters. The van der Waals surface area contributed by atoms with Crippen LogP contribution in [0.2, 0.25) is 0 Å². The molecule has 0 amide bonds. The highest BCUT2D eigenvalue weighted by molar-refractivity contribution is 7.80. The van der Waals surface area contributed by atoms with Gasteiger partial charge in [0.1, 0.15) is 11.5 Å². The van der Waals surface area contributed by atoms with Crippen LogP contribution in [0.15, 0.2) is 26.8 Å². The van der Waals surface area contributed by atoms with Crippen molar-refractivity contribution in [2.45, 2.75) is 13.5 Å². The van der Waals surface area contributed by atoms with Crippen LogP contribution in [-0.2, 0) is 11.3 Å². The lowest BCUT2D eigenvalue weighted by Gasteiger charge is -2.25. The lowest BCUT2D eigenvalue weighted by atomic mass is 10.2. The maximum absolute atomic E-state index is 5.99. The van der Waals surface area contributed by atoms with E-state index in [1.807, 2.05) is 12.1 Å². The summed E-state index contributed by atoms with van der Waals surface area (Å²) in [6.07, 6.45) is 0. The Hall–Kier alpha value is -2.08. The van der Waals surface area contributed by atoms with Crippen molar-refractivity contribution in [1.82, 2.24) is 26.4 Å². The minimum atomic E-state index is 0.388. The summed E-state index contributed by atoms with van der Waals surface area (Å²) < 4.78 is 11.4. The number of morpholine rings is 1. The van der Waals surface area contributed by atoms with Crippen molar-refractivity contribution >= 4 is 46.1 Å². The summed E-state index contributed by atoms with van der Waals surface area (Å²) in [6, 6.07) is 3.81. The molecule has 2 rings (SSSR count). The van der Waals surface area contributed by atoms with Crippen molar-refractivity contribution < 1.29 is 9.15 Å². The molecule has 2 heterocycles. The monoisotopic (exact) mass is 411 g/mol. The molecule has 0 spiro atoms. The average molecular weight is 412 g/mol. The first-order valence-electron chi connectivity index (χ1n) is 8.50. The number of furan rings is 1. The molecular weight excluding hydrogens is 386 g/mol. The second kappa shape index (κ2) is 10.9. The number of thiocarbonyl (C=S) groups is 2. The number of hydrogen-bond acceptors (Lipinski definition) is 7. The van der Waals surface area contributed by atoms with Gasteiger partial charge in [-0.1, -0.05) is 0 Å². The molecule has 0 unspecified atom stereocenters. The second-order valence-electron chi connectivity index (χ2n) is 5.69. The van der Waals surface area contributed by atoms with E-state index in [0.29, 0.717) is 27.4 Å². The predicted octanol–water partition coefficient (Wildman–Crippen LogP) is 0.380. The lowest BCUT2D eigenvalue weighted by Crippen LogP contribution is -2.35. The van der Waals surface area contributed by atoms with Gasteiger partial charge >= 0.3 is 0 Å². The van der Waals surface area contributed by atoms with Crippen LogP contribution in [-0.4, -0.2) is 66.9 Å². The highest BCUT2D eigenvalue weighted by Gasteiger charge is 2.17. The van der Waals surface area contributed by atoms with Gasteiger partial charge in [0.15, 0.2) is 16.0 Å². The van der Waals surface area contributed by atoms with E-state index in [4.69, 9.17) is 33.6 Å². The molecular formula is C16H25N7O2S2. The van der Waals surface area contributed by atoms with Crippen LogP contribution < -0.4 is 21.5 Å². The van der Waals surface area contributed by atoms with E-state index in [1.54, 1.807) is 21.0 Å². The summed E-state index contributed by atoms with van der Waals surface area (Å²) in [6.45, 7) is 5.79. The first kappa shape index (κ1) is 21.2. The van der Waals surface area contributed by atoms with Crippen molar-refractivity contribution in [3.05, 3.63) is 23.7 Å². The topological polar surface area (TPSA) is 98.5 Å². The van der Waals surface area contributed by atoms with Crippen LogP contribution in [0.5, 0.6) is 0 Å². The van der Waals surface area contributed by atoms with Gasteiger partial charge in [0, 0.05) is 27.2 Å². The van der Waals surface area contributed by atoms with Crippen molar-refractivity contribution in [1.29, 1.82) is 0 Å². The summed E-state index contributed by atoms with van der Waals surface area (Å²) in [7, 11) is 3.43. The Kier molecular flexibility index (Phi) is 8.58. The quantitative estimate of drug-likeness (QED) is 0.301. The molecule has 0 radical (unpaired) electrons. The number of nitrogens with zero attached hydrogens (tertiary/aromatic N) is 3. The van der Waals surface area contributed by atoms with E-state index in [0.717, 1.165) is 38.6 Å². The maximum Gasteiger partial charge on any atom is 0.186 e. The number of rotatable bonds is 6. The molecule has 0 saturated carbocycles. The molecule has 1 aliphatic rings. The fourth-order valence-corrected chi connectivity index (χ4v) is 2.38. The van der Waals surface area contributed by atoms with Crippen molar-refractivity contribution in [2.75, 3.05) is 40.4 Å². The van der Waals surface area contributed by atoms with Gasteiger partial charge in [0.05, 0.1) is 25.5 Å². The van der Waals surface area contributed by atoms with E-state index < -0.39 is 0 Å². The predicted molar refractivity (Wildman–Crippen MR) is 114 cm³/mol. The fraction of sp³-hybridized carbons (Fsp3) is 0.500. The molecule has 9 nitrogen and oxygen atoms in total. The lowest BCUT2D eigenvalue weighted by molar-refractivity contribution is 0.0313. The molecule has 1 saturated heterocycles. The zero-order chi connectivity index (χ0) is 19.6. The summed E-state index contributed by atoms with van der Waals surface area (Å²) >= 11 is 10.1. The molecule has 1 aromatic heterocycles. The standard InChI is InChI=1S/C16H25N7O2S2/c1-11(19-21-15(26)17-2)14(20-22-16(27)18-3)13-5-4-12(25-13)10-23-6-8-24-9-7-23/h4-5H,6-10H2,1-3H3,(H2,17,21,26)(H2,18,22,27)/b19-11+,20-14-. The molecule has 1 aliphatic heterocycles. The van der Waals surface area contributed by atoms with Gasteiger partial charge in [-0.05, 0) is 43.5 Å². The summed E-state index contributed by atoms with van der Waals surface area (Å²) in [5.74, 6) is 1.44. The second-order valence-corrected chi connectivity index (χ2v) is 6.51. The number of hydrazone groups is 2. The fourth-order valence-electron chi connectivity index (χ4n) is 2.29. The van der Waals surface area contributed by atoms with E-state index in [1.165, 1.54) is 0 Å². The zero-order valence-electron chi connectivity index (χ0n) is 15.7. The molecule has 11 heteroatoms. The molecule has 27 heavy (non-hydrogen) atoms. The van der Waals surface area contributed by atoms with E-state index in [9.17, 15) is 0 Å². The van der Waals surface area contributed by atoms with Crippen LogP contribution in [0.4, 0.5) is 0 Å². The first-order valence-corrected chi connectivity index (χ1v) is 9.32. The third kappa shape index (κ3) is 6.86. The molecule has 0 bridgehead atoms. The third-order valence-electron chi connectivity index (χ3n) is 3.77. The molecule has 0 aliphatic carbocycles. The van der Waals surface area contributed by atoms with Gasteiger partial charge in [-0.3, -0.25) is 15.8 Å². The maximum atomic E-state index is 5.99. The van der Waals surface area contributed by atoms with Crippen LogP contribution in [0.25, 0.3) is 0 Å². The molecule has 1 fully saturated rings. The Labute approximate surface area is 169 Å². The van der Waals surface area contributed by atoms with Gasteiger partial charge in [0.25, 0.3) is 0 Å². The Morgan fingerprint density at radius 1 is 1.07 bits per heavy atom. The van der Waals surface area contributed by atoms with E-state index in [2.05, 4.69) is 36.6 Å². The summed E-state index contributed by atoms with van der Waals surface area (Å²) in [5.41, 5.74) is 6.62. The van der Waals surface area contributed by atoms with Gasteiger partial charge in [-0.25, -0.2) is 0 Å². The SMILES string of the molecule is CNC(=S)N/N=C(/C(C)=N/NC(=S)NC)c1ccc(CN2CCOCC2)o1. The van der Waals surface area contributed by atoms with Crippen LogP contribution in [0.3, 0.4) is 0 Å². The third-order valence-corrected chi connectivity index (χ3v) is 4.36. The van der Waals surface area contributed by atoms with Gasteiger partial charge in [-0.15, -0.1) is 0 Å². The van der Waals surface area contributed by atoms with Gasteiger partial charge in [-0.2, -0.15) is 10.2 Å². The molecule has 148 valence electrons. The number of ether oxygens (including phenoxy) is 1. The van der Waals surface area contributed by atoms with Gasteiger partial charge in [0.2, 0.25) is 0 Å². The van der Waals surface area contributed by atoms with Crippen LogP contribution >= 0.6 is 24.4 Å². The number of nitrogens with one attached hydrogen (secondary N) is 4. The Morgan fingerprint density at radius 2 is 1.70 bits per heavy atom.